The Morgan fingerprint density at radius 2 is 2.05 bits per heavy atom. The van der Waals surface area contributed by atoms with Crippen LogP contribution in [0.2, 0.25) is 5.02 Å². The summed E-state index contributed by atoms with van der Waals surface area (Å²) in [6, 6.07) is 3.65. The average Bonchev–Trinajstić information content (AvgIpc) is 2.79. The molecular weight excluding hydrogens is 300 g/mol. The number of halogens is 5. The number of hydrogen-bond donors (Lipinski definition) is 0. The third-order valence-corrected chi connectivity index (χ3v) is 2.85. The van der Waals surface area contributed by atoms with Gasteiger partial charge in [0.1, 0.15) is 5.82 Å². The van der Waals surface area contributed by atoms with E-state index in [2.05, 4.69) is 5.10 Å². The van der Waals surface area contributed by atoms with Crippen LogP contribution in [0.15, 0.2) is 30.6 Å². The summed E-state index contributed by atoms with van der Waals surface area (Å²) in [4.78, 5) is 11.0. The molecule has 0 atom stereocenters. The normalized spacial score (nSPS) is 11.7. The highest BCUT2D eigenvalue weighted by molar-refractivity contribution is 6.31. The van der Waals surface area contributed by atoms with Gasteiger partial charge in [-0.2, -0.15) is 18.3 Å². The van der Waals surface area contributed by atoms with E-state index in [9.17, 15) is 22.4 Å². The Morgan fingerprint density at radius 1 is 1.35 bits per heavy atom. The minimum atomic E-state index is -4.94. The zero-order chi connectivity index (χ0) is 14.9. The second-order valence-electron chi connectivity index (χ2n) is 3.99. The van der Waals surface area contributed by atoms with Gasteiger partial charge in [0, 0.05) is 11.2 Å². The summed E-state index contributed by atoms with van der Waals surface area (Å²) in [7, 11) is 0. The highest BCUT2D eigenvalue weighted by atomic mass is 35.5. The first-order valence-corrected chi connectivity index (χ1v) is 5.73. The maximum Gasteiger partial charge on any atom is 0.454 e. The molecule has 0 amide bonds. The topological polar surface area (TPSA) is 34.9 Å². The molecule has 0 saturated heterocycles. The number of carbonyl (C=O) groups excluding carboxylic acids is 1. The minimum absolute atomic E-state index is 0.0320. The first-order valence-electron chi connectivity index (χ1n) is 5.35. The van der Waals surface area contributed by atoms with Gasteiger partial charge in [0.25, 0.3) is 5.78 Å². The minimum Gasteiger partial charge on any atom is -0.284 e. The van der Waals surface area contributed by atoms with Crippen molar-refractivity contribution in [3.05, 3.63) is 52.6 Å². The number of nitrogens with zero attached hydrogens (tertiary/aromatic N) is 2. The van der Waals surface area contributed by atoms with E-state index in [0.717, 1.165) is 23.1 Å². The summed E-state index contributed by atoms with van der Waals surface area (Å²) in [5.74, 6) is -2.49. The van der Waals surface area contributed by atoms with E-state index in [1.54, 1.807) is 0 Å². The van der Waals surface area contributed by atoms with Gasteiger partial charge >= 0.3 is 6.18 Å². The molecule has 0 saturated carbocycles. The van der Waals surface area contributed by atoms with Crippen molar-refractivity contribution >= 4 is 17.4 Å². The monoisotopic (exact) mass is 306 g/mol. The molecule has 1 aromatic carbocycles. The summed E-state index contributed by atoms with van der Waals surface area (Å²) in [5.41, 5.74) is -0.0853. The Kier molecular flexibility index (Phi) is 3.80. The van der Waals surface area contributed by atoms with Crippen LogP contribution in [0.4, 0.5) is 17.6 Å². The Labute approximate surface area is 115 Å². The van der Waals surface area contributed by atoms with E-state index in [1.807, 2.05) is 0 Å². The van der Waals surface area contributed by atoms with Crippen LogP contribution in [0.3, 0.4) is 0 Å². The van der Waals surface area contributed by atoms with E-state index < -0.39 is 23.3 Å². The van der Waals surface area contributed by atoms with Crippen molar-refractivity contribution in [3.63, 3.8) is 0 Å². The lowest BCUT2D eigenvalue weighted by atomic mass is 10.2. The molecule has 0 aliphatic rings. The molecule has 0 spiro atoms. The highest BCUT2D eigenvalue weighted by Crippen LogP contribution is 2.22. The molecule has 1 heterocycles. The standard InChI is InChI=1S/C12H7ClF4N2O/c13-10-3-9(14)2-1-7(10)5-19-6-8(4-18-19)11(20)12(15,16)17/h1-4,6H,5H2. The number of carbonyl (C=O) groups is 1. The Bertz CT molecular complexity index is 651. The summed E-state index contributed by atoms with van der Waals surface area (Å²) in [6.07, 6.45) is -3.15. The van der Waals surface area contributed by atoms with Crippen molar-refractivity contribution in [3.8, 4) is 0 Å². The van der Waals surface area contributed by atoms with Gasteiger partial charge in [-0.3, -0.25) is 9.48 Å². The molecular formula is C12H7ClF4N2O. The van der Waals surface area contributed by atoms with Gasteiger partial charge in [-0.05, 0) is 17.7 Å². The first-order chi connectivity index (χ1) is 9.27. The van der Waals surface area contributed by atoms with Crippen LogP contribution in [0, 0.1) is 5.82 Å². The first kappa shape index (κ1) is 14.5. The van der Waals surface area contributed by atoms with Crippen LogP contribution in [-0.4, -0.2) is 21.7 Å². The number of rotatable bonds is 3. The average molecular weight is 307 g/mol. The number of Topliss-reactive ketones (excluding diaryl/α,β-unsaturated/α-hetero) is 1. The van der Waals surface area contributed by atoms with Crippen molar-refractivity contribution in [1.29, 1.82) is 0 Å². The molecule has 8 heteroatoms. The molecule has 2 aromatic rings. The second kappa shape index (κ2) is 5.24. The van der Waals surface area contributed by atoms with E-state index >= 15 is 0 Å². The molecule has 0 bridgehead atoms. The number of alkyl halides is 3. The fraction of sp³-hybridized carbons (Fsp3) is 0.167. The van der Waals surface area contributed by atoms with Gasteiger partial charge in [-0.1, -0.05) is 17.7 Å². The summed E-state index contributed by atoms with van der Waals surface area (Å²) < 4.78 is 50.7. The molecule has 1 aromatic heterocycles. The molecule has 0 radical (unpaired) electrons. The summed E-state index contributed by atoms with van der Waals surface area (Å²) in [6.45, 7) is 0.0320. The van der Waals surface area contributed by atoms with Crippen molar-refractivity contribution in [2.75, 3.05) is 0 Å². The van der Waals surface area contributed by atoms with Crippen LogP contribution in [0.1, 0.15) is 15.9 Å². The lowest BCUT2D eigenvalue weighted by molar-refractivity contribution is -0.0885. The van der Waals surface area contributed by atoms with Gasteiger partial charge < -0.3 is 0 Å². The molecule has 20 heavy (non-hydrogen) atoms. The van der Waals surface area contributed by atoms with Crippen LogP contribution >= 0.6 is 11.6 Å². The van der Waals surface area contributed by atoms with Crippen LogP contribution in [0.25, 0.3) is 0 Å². The van der Waals surface area contributed by atoms with Crippen molar-refractivity contribution in [2.45, 2.75) is 12.7 Å². The predicted octanol–water partition coefficient (Wildman–Crippen LogP) is 3.47. The molecule has 2 rings (SSSR count). The Hall–Kier alpha value is -1.89. The molecule has 0 aliphatic carbocycles. The van der Waals surface area contributed by atoms with Crippen molar-refractivity contribution < 1.29 is 22.4 Å². The molecule has 106 valence electrons. The van der Waals surface area contributed by atoms with E-state index in [-0.39, 0.29) is 11.6 Å². The van der Waals surface area contributed by atoms with Gasteiger partial charge in [-0.15, -0.1) is 0 Å². The Morgan fingerprint density at radius 3 is 2.65 bits per heavy atom. The van der Waals surface area contributed by atoms with Crippen molar-refractivity contribution in [2.24, 2.45) is 0 Å². The number of aromatic nitrogens is 2. The fourth-order valence-electron chi connectivity index (χ4n) is 1.56. The molecule has 0 fully saturated rings. The number of hydrogen-bond acceptors (Lipinski definition) is 2. The highest BCUT2D eigenvalue weighted by Gasteiger charge is 2.39. The molecule has 0 N–H and O–H groups in total. The smallest absolute Gasteiger partial charge is 0.284 e. The van der Waals surface area contributed by atoms with Gasteiger partial charge in [-0.25, -0.2) is 4.39 Å². The zero-order valence-electron chi connectivity index (χ0n) is 9.79. The fourth-order valence-corrected chi connectivity index (χ4v) is 1.78. The van der Waals surface area contributed by atoms with Crippen LogP contribution in [0.5, 0.6) is 0 Å². The lowest BCUT2D eigenvalue weighted by Crippen LogP contribution is -2.22. The van der Waals surface area contributed by atoms with Crippen LogP contribution in [-0.2, 0) is 6.54 Å². The zero-order valence-corrected chi connectivity index (χ0v) is 10.5. The van der Waals surface area contributed by atoms with E-state index in [1.165, 1.54) is 12.1 Å². The van der Waals surface area contributed by atoms with Crippen molar-refractivity contribution in [1.82, 2.24) is 9.78 Å². The summed E-state index contributed by atoms with van der Waals surface area (Å²) >= 11 is 5.79. The molecule has 3 nitrogen and oxygen atoms in total. The van der Waals surface area contributed by atoms with E-state index in [0.29, 0.717) is 5.56 Å². The SMILES string of the molecule is O=C(c1cnn(Cc2ccc(F)cc2Cl)c1)C(F)(F)F. The second-order valence-corrected chi connectivity index (χ2v) is 4.40. The maximum absolute atomic E-state index is 12.9. The third-order valence-electron chi connectivity index (χ3n) is 2.50. The number of ketones is 1. The lowest BCUT2D eigenvalue weighted by Gasteiger charge is -2.04. The van der Waals surface area contributed by atoms with Gasteiger partial charge in [0.05, 0.1) is 18.3 Å². The largest absolute Gasteiger partial charge is 0.454 e. The summed E-state index contributed by atoms with van der Waals surface area (Å²) in [5, 5.41) is 3.78. The quantitative estimate of drug-likeness (QED) is 0.643. The third kappa shape index (κ3) is 3.16. The maximum atomic E-state index is 12.9. The van der Waals surface area contributed by atoms with E-state index in [4.69, 9.17) is 11.6 Å². The predicted molar refractivity (Wildman–Crippen MR) is 63.1 cm³/mol. The van der Waals surface area contributed by atoms with Gasteiger partial charge in [0.15, 0.2) is 0 Å². The molecule has 0 aliphatic heterocycles. The number of benzene rings is 1. The molecule has 0 unspecified atom stereocenters. The van der Waals surface area contributed by atoms with Gasteiger partial charge in [0.2, 0.25) is 0 Å². The Balaban J connectivity index is 2.20. The van der Waals surface area contributed by atoms with Crippen LogP contribution < -0.4 is 0 Å².